The van der Waals surface area contributed by atoms with E-state index in [9.17, 15) is 4.79 Å². The summed E-state index contributed by atoms with van der Waals surface area (Å²) in [4.78, 5) is 21.1. The summed E-state index contributed by atoms with van der Waals surface area (Å²) in [6.07, 6.45) is 3.29. The maximum atomic E-state index is 12.3. The van der Waals surface area contributed by atoms with Crippen LogP contribution in [0.2, 0.25) is 10.0 Å². The van der Waals surface area contributed by atoms with Gasteiger partial charge in [-0.2, -0.15) is 0 Å². The number of esters is 1. The fraction of sp³-hybridized carbons (Fsp3) is 0.188. The van der Waals surface area contributed by atoms with Crippen molar-refractivity contribution < 1.29 is 9.53 Å². The van der Waals surface area contributed by atoms with Gasteiger partial charge < -0.3 is 10.1 Å². The number of aliphatic imine (C=N–C) groups is 1. The van der Waals surface area contributed by atoms with Crippen molar-refractivity contribution in [1.82, 2.24) is 10.3 Å². The van der Waals surface area contributed by atoms with Gasteiger partial charge in [0.2, 0.25) is 0 Å². The highest BCUT2D eigenvalue weighted by atomic mass is 35.5. The summed E-state index contributed by atoms with van der Waals surface area (Å²) < 4.78 is 5.12. The number of rotatable bonds is 4. The molecule has 1 unspecified atom stereocenters. The van der Waals surface area contributed by atoms with Crippen molar-refractivity contribution in [3.8, 4) is 0 Å². The summed E-state index contributed by atoms with van der Waals surface area (Å²) in [6, 6.07) is 4.51. The van der Waals surface area contributed by atoms with Crippen LogP contribution in [-0.2, 0) is 9.53 Å². The Morgan fingerprint density at radius 2 is 2.25 bits per heavy atom. The minimum absolute atomic E-state index is 0.278. The molecule has 124 valence electrons. The van der Waals surface area contributed by atoms with E-state index in [1.54, 1.807) is 37.5 Å². The summed E-state index contributed by atoms with van der Waals surface area (Å²) >= 11 is 13.7. The number of amidine groups is 1. The van der Waals surface area contributed by atoms with Crippen molar-refractivity contribution in [1.29, 1.82) is 0 Å². The second-order valence-electron chi connectivity index (χ2n) is 4.85. The van der Waals surface area contributed by atoms with Crippen molar-refractivity contribution in [2.24, 2.45) is 4.99 Å². The van der Waals surface area contributed by atoms with Gasteiger partial charge in [0.25, 0.3) is 0 Å². The Morgan fingerprint density at radius 3 is 2.92 bits per heavy atom. The summed E-state index contributed by atoms with van der Waals surface area (Å²) in [6.45, 7) is 2.03. The Bertz CT molecular complexity index is 819. The van der Waals surface area contributed by atoms with Gasteiger partial charge in [-0.25, -0.2) is 9.78 Å². The molecule has 1 aliphatic heterocycles. The number of ether oxygens (including phenoxy) is 1. The monoisotopic (exact) mass is 381 g/mol. The molecule has 5 nitrogen and oxygen atoms in total. The van der Waals surface area contributed by atoms with Gasteiger partial charge in [0, 0.05) is 33.4 Å². The van der Waals surface area contributed by atoms with Crippen LogP contribution < -0.4 is 5.32 Å². The molecule has 0 amide bonds. The first-order valence-corrected chi connectivity index (χ1v) is 8.80. The van der Waals surface area contributed by atoms with Gasteiger partial charge >= 0.3 is 5.97 Å². The smallest absolute Gasteiger partial charge is 0.338 e. The fourth-order valence-electron chi connectivity index (χ4n) is 2.26. The van der Waals surface area contributed by atoms with E-state index >= 15 is 0 Å². The van der Waals surface area contributed by atoms with Gasteiger partial charge in [0.15, 0.2) is 10.8 Å². The molecule has 24 heavy (non-hydrogen) atoms. The van der Waals surface area contributed by atoms with E-state index in [-0.39, 0.29) is 6.61 Å². The number of hydrogen-bond donors (Lipinski definition) is 1. The lowest BCUT2D eigenvalue weighted by Gasteiger charge is -2.22. The molecule has 3 rings (SSSR count). The van der Waals surface area contributed by atoms with Gasteiger partial charge in [-0.15, -0.1) is 11.3 Å². The van der Waals surface area contributed by atoms with Crippen LogP contribution in [0.3, 0.4) is 0 Å². The molecule has 1 aliphatic rings. The Balaban J connectivity index is 2.04. The summed E-state index contributed by atoms with van der Waals surface area (Å²) in [7, 11) is 0. The van der Waals surface area contributed by atoms with Crippen LogP contribution in [0.15, 0.2) is 46.5 Å². The zero-order valence-electron chi connectivity index (χ0n) is 12.6. The zero-order valence-corrected chi connectivity index (χ0v) is 15.0. The van der Waals surface area contributed by atoms with Gasteiger partial charge in [0.1, 0.15) is 6.04 Å². The first-order chi connectivity index (χ1) is 11.6. The molecular weight excluding hydrogens is 369 g/mol. The lowest BCUT2D eigenvalue weighted by atomic mass is 9.98. The van der Waals surface area contributed by atoms with Crippen LogP contribution in [-0.4, -0.2) is 23.4 Å². The predicted octanol–water partition coefficient (Wildman–Crippen LogP) is 3.99. The van der Waals surface area contributed by atoms with Crippen molar-refractivity contribution >= 4 is 46.3 Å². The van der Waals surface area contributed by atoms with E-state index in [0.29, 0.717) is 27.0 Å². The van der Waals surface area contributed by atoms with E-state index in [1.807, 2.05) is 5.38 Å². The van der Waals surface area contributed by atoms with Crippen LogP contribution in [0.1, 0.15) is 23.5 Å². The molecule has 8 heteroatoms. The minimum Gasteiger partial charge on any atom is -0.463 e. The molecule has 2 aromatic rings. The lowest BCUT2D eigenvalue weighted by molar-refractivity contribution is -0.138. The second kappa shape index (κ2) is 7.34. The highest BCUT2D eigenvalue weighted by Crippen LogP contribution is 2.35. The van der Waals surface area contributed by atoms with Gasteiger partial charge in [-0.1, -0.05) is 29.3 Å². The Hall–Kier alpha value is -1.89. The number of nitrogens with one attached hydrogen (secondary N) is 1. The number of halogens is 2. The standard InChI is InChI=1S/C16H13Cl2N3O2S/c1-2-23-16(22)11-8-20-14(15-19-5-6-24-15)21-13(11)10-4-3-9(17)7-12(10)18/h3-8,13H,2H2,1H3,(H,20,21). The summed E-state index contributed by atoms with van der Waals surface area (Å²) in [5, 5.41) is 6.54. The number of carbonyl (C=O) groups is 1. The van der Waals surface area contributed by atoms with Crippen molar-refractivity contribution in [3.63, 3.8) is 0 Å². The first kappa shape index (κ1) is 17.0. The third-order valence-electron chi connectivity index (χ3n) is 3.32. The van der Waals surface area contributed by atoms with Crippen LogP contribution in [0, 0.1) is 0 Å². The molecule has 0 aliphatic carbocycles. The molecule has 0 saturated carbocycles. The largest absolute Gasteiger partial charge is 0.463 e. The number of benzene rings is 1. The quantitative estimate of drug-likeness (QED) is 0.813. The van der Waals surface area contributed by atoms with Gasteiger partial charge in [-0.05, 0) is 19.1 Å². The zero-order chi connectivity index (χ0) is 17.1. The average Bonchev–Trinajstić information content (AvgIpc) is 3.09. The Morgan fingerprint density at radius 1 is 1.42 bits per heavy atom. The Labute approximate surface area is 153 Å². The highest BCUT2D eigenvalue weighted by molar-refractivity contribution is 7.11. The number of thiazole rings is 1. The van der Waals surface area contributed by atoms with Crippen molar-refractivity contribution in [2.45, 2.75) is 13.0 Å². The fourth-order valence-corrected chi connectivity index (χ4v) is 3.37. The third kappa shape index (κ3) is 3.45. The average molecular weight is 382 g/mol. The summed E-state index contributed by atoms with van der Waals surface area (Å²) in [5.74, 6) is 0.136. The maximum Gasteiger partial charge on any atom is 0.338 e. The van der Waals surface area contributed by atoms with E-state index in [0.717, 1.165) is 5.01 Å². The van der Waals surface area contributed by atoms with E-state index in [2.05, 4.69) is 15.3 Å². The molecule has 1 N–H and O–H groups in total. The molecule has 0 radical (unpaired) electrons. The third-order valence-corrected chi connectivity index (χ3v) is 4.66. The second-order valence-corrected chi connectivity index (χ2v) is 6.59. The molecular formula is C16H13Cl2N3O2S. The first-order valence-electron chi connectivity index (χ1n) is 7.16. The molecule has 1 aromatic heterocycles. The summed E-state index contributed by atoms with van der Waals surface area (Å²) in [5.41, 5.74) is 1.05. The normalized spacial score (nSPS) is 16.9. The van der Waals surface area contributed by atoms with Crippen molar-refractivity contribution in [2.75, 3.05) is 6.61 Å². The molecule has 0 bridgehead atoms. The van der Waals surface area contributed by atoms with Crippen LogP contribution in [0.25, 0.3) is 0 Å². The number of nitrogens with zero attached hydrogens (tertiary/aromatic N) is 2. The molecule has 2 heterocycles. The lowest BCUT2D eigenvalue weighted by Crippen LogP contribution is -2.29. The topological polar surface area (TPSA) is 63.6 Å². The number of carbonyl (C=O) groups excluding carboxylic acids is 1. The number of aromatic nitrogens is 1. The van der Waals surface area contributed by atoms with Crippen LogP contribution in [0.5, 0.6) is 0 Å². The molecule has 0 saturated heterocycles. The van der Waals surface area contributed by atoms with Crippen molar-refractivity contribution in [3.05, 3.63) is 62.2 Å². The van der Waals surface area contributed by atoms with E-state index < -0.39 is 12.0 Å². The van der Waals surface area contributed by atoms with Crippen LogP contribution >= 0.6 is 34.5 Å². The molecule has 0 spiro atoms. The van der Waals surface area contributed by atoms with Gasteiger partial charge in [0.05, 0.1) is 12.2 Å². The van der Waals surface area contributed by atoms with Gasteiger partial charge in [-0.3, -0.25) is 4.99 Å². The van der Waals surface area contributed by atoms with E-state index in [1.165, 1.54) is 11.3 Å². The predicted molar refractivity (Wildman–Crippen MR) is 95.7 cm³/mol. The maximum absolute atomic E-state index is 12.3. The van der Waals surface area contributed by atoms with Crippen LogP contribution in [0.4, 0.5) is 0 Å². The minimum atomic E-state index is -0.589. The SMILES string of the molecule is CCOC(=O)C1=CNC(c2nccs2)=NC1c1ccc(Cl)cc1Cl. The molecule has 0 fully saturated rings. The molecule has 1 atom stereocenters. The molecule has 1 aromatic carbocycles. The Kier molecular flexibility index (Phi) is 5.18. The highest BCUT2D eigenvalue weighted by Gasteiger charge is 2.29. The van der Waals surface area contributed by atoms with E-state index in [4.69, 9.17) is 27.9 Å². The number of hydrogen-bond acceptors (Lipinski definition) is 6.